The fraction of sp³-hybridized carbons (Fsp3) is 0.533. The Morgan fingerprint density at radius 2 is 2.19 bits per heavy atom. The maximum Gasteiger partial charge on any atom is 0.326 e. The van der Waals surface area contributed by atoms with E-state index in [1.54, 1.807) is 4.90 Å². The number of aromatic nitrogens is 1. The Morgan fingerprint density at radius 1 is 1.48 bits per heavy atom. The van der Waals surface area contributed by atoms with Gasteiger partial charge in [0.15, 0.2) is 0 Å². The number of rotatable bonds is 6. The summed E-state index contributed by atoms with van der Waals surface area (Å²) in [7, 11) is 0. The summed E-state index contributed by atoms with van der Waals surface area (Å²) in [6.07, 6.45) is 1.73. The Labute approximate surface area is 124 Å². The van der Waals surface area contributed by atoms with Crippen molar-refractivity contribution in [1.82, 2.24) is 15.2 Å². The van der Waals surface area contributed by atoms with E-state index >= 15 is 0 Å². The standard InChI is InChI=1S/C15H21N3O3/c1-3-18(9-12-6-4-5-10(2)16-12)15(21)17-13(14(19)20)11-7-8-11/h4-6,11,13H,3,7-9H2,1-2H3,(H,17,21)(H,19,20). The molecule has 6 nitrogen and oxygen atoms in total. The van der Waals surface area contributed by atoms with Crippen molar-refractivity contribution in [3.8, 4) is 0 Å². The first-order chi connectivity index (χ1) is 10.0. The Balaban J connectivity index is 1.99. The largest absolute Gasteiger partial charge is 0.480 e. The maximum atomic E-state index is 12.2. The second-order valence-electron chi connectivity index (χ2n) is 5.39. The van der Waals surface area contributed by atoms with Crippen LogP contribution in [-0.4, -0.2) is 39.6 Å². The van der Waals surface area contributed by atoms with E-state index < -0.39 is 12.0 Å². The van der Waals surface area contributed by atoms with Gasteiger partial charge in [-0.15, -0.1) is 0 Å². The highest BCUT2D eigenvalue weighted by atomic mass is 16.4. The van der Waals surface area contributed by atoms with E-state index in [1.165, 1.54) is 0 Å². The first-order valence-corrected chi connectivity index (χ1v) is 7.22. The van der Waals surface area contributed by atoms with Crippen LogP contribution in [0, 0.1) is 12.8 Å². The van der Waals surface area contributed by atoms with Crippen molar-refractivity contribution in [2.45, 2.75) is 39.3 Å². The zero-order chi connectivity index (χ0) is 15.4. The van der Waals surface area contributed by atoms with Gasteiger partial charge in [-0.05, 0) is 44.7 Å². The summed E-state index contributed by atoms with van der Waals surface area (Å²) in [5.74, 6) is -0.891. The third-order valence-electron chi connectivity index (χ3n) is 3.61. The number of nitrogens with one attached hydrogen (secondary N) is 1. The molecule has 1 saturated carbocycles. The molecule has 114 valence electrons. The number of aliphatic carboxylic acids is 1. The van der Waals surface area contributed by atoms with Crippen molar-refractivity contribution in [2.24, 2.45) is 5.92 Å². The van der Waals surface area contributed by atoms with Gasteiger partial charge in [0.1, 0.15) is 6.04 Å². The van der Waals surface area contributed by atoms with Gasteiger partial charge in [-0.25, -0.2) is 9.59 Å². The van der Waals surface area contributed by atoms with Crippen LogP contribution in [0.4, 0.5) is 4.79 Å². The summed E-state index contributed by atoms with van der Waals surface area (Å²) in [6.45, 7) is 4.63. The van der Waals surface area contributed by atoms with Crippen molar-refractivity contribution in [1.29, 1.82) is 0 Å². The highest BCUT2D eigenvalue weighted by Crippen LogP contribution is 2.32. The fourth-order valence-electron chi connectivity index (χ4n) is 2.25. The number of carboxylic acids is 1. The minimum absolute atomic E-state index is 0.0715. The lowest BCUT2D eigenvalue weighted by molar-refractivity contribution is -0.139. The van der Waals surface area contributed by atoms with Crippen LogP contribution >= 0.6 is 0 Å². The molecule has 1 fully saturated rings. The molecular weight excluding hydrogens is 270 g/mol. The predicted octanol–water partition coefficient (Wildman–Crippen LogP) is 1.78. The normalized spacial score (nSPS) is 15.3. The van der Waals surface area contributed by atoms with Crippen LogP contribution in [-0.2, 0) is 11.3 Å². The van der Waals surface area contributed by atoms with E-state index in [9.17, 15) is 9.59 Å². The van der Waals surface area contributed by atoms with Crippen molar-refractivity contribution in [3.63, 3.8) is 0 Å². The fourth-order valence-corrected chi connectivity index (χ4v) is 2.25. The molecule has 0 aliphatic heterocycles. The number of urea groups is 1. The highest BCUT2D eigenvalue weighted by Gasteiger charge is 2.37. The lowest BCUT2D eigenvalue weighted by atomic mass is 10.2. The number of amides is 2. The minimum Gasteiger partial charge on any atom is -0.480 e. The molecule has 1 atom stereocenters. The average molecular weight is 291 g/mol. The summed E-state index contributed by atoms with van der Waals surface area (Å²) in [5, 5.41) is 11.8. The first-order valence-electron chi connectivity index (χ1n) is 7.22. The topological polar surface area (TPSA) is 82.5 Å². The molecule has 2 amide bonds. The molecule has 1 unspecified atom stereocenters. The molecule has 0 saturated heterocycles. The van der Waals surface area contributed by atoms with E-state index in [0.717, 1.165) is 24.2 Å². The van der Waals surface area contributed by atoms with Gasteiger partial charge in [-0.3, -0.25) is 4.98 Å². The minimum atomic E-state index is -0.962. The van der Waals surface area contributed by atoms with Crippen LogP contribution in [0.3, 0.4) is 0 Å². The van der Waals surface area contributed by atoms with Crippen LogP contribution < -0.4 is 5.32 Å². The Bertz CT molecular complexity index is 529. The lowest BCUT2D eigenvalue weighted by Crippen LogP contribution is -2.48. The summed E-state index contributed by atoms with van der Waals surface area (Å²) < 4.78 is 0. The van der Waals surface area contributed by atoms with Gasteiger partial charge in [-0.1, -0.05) is 6.07 Å². The number of hydrogen-bond acceptors (Lipinski definition) is 3. The Kier molecular flexibility index (Phi) is 4.77. The van der Waals surface area contributed by atoms with E-state index in [2.05, 4.69) is 10.3 Å². The van der Waals surface area contributed by atoms with E-state index in [0.29, 0.717) is 13.1 Å². The number of pyridine rings is 1. The van der Waals surface area contributed by atoms with Gasteiger partial charge < -0.3 is 15.3 Å². The molecular formula is C15H21N3O3. The Morgan fingerprint density at radius 3 is 2.71 bits per heavy atom. The van der Waals surface area contributed by atoms with Crippen LogP contribution in [0.5, 0.6) is 0 Å². The number of aryl methyl sites for hydroxylation is 1. The van der Waals surface area contributed by atoms with Crippen LogP contribution in [0.1, 0.15) is 31.2 Å². The first kappa shape index (κ1) is 15.3. The van der Waals surface area contributed by atoms with Gasteiger partial charge in [0.2, 0.25) is 0 Å². The molecule has 0 spiro atoms. The van der Waals surface area contributed by atoms with Crippen molar-refractivity contribution < 1.29 is 14.7 Å². The third-order valence-corrected chi connectivity index (χ3v) is 3.61. The van der Waals surface area contributed by atoms with Crippen molar-refractivity contribution in [2.75, 3.05) is 6.54 Å². The molecule has 1 aromatic rings. The highest BCUT2D eigenvalue weighted by molar-refractivity contribution is 5.83. The smallest absolute Gasteiger partial charge is 0.326 e. The molecule has 0 bridgehead atoms. The Hall–Kier alpha value is -2.11. The summed E-state index contributed by atoms with van der Waals surface area (Å²) in [5.41, 5.74) is 1.69. The predicted molar refractivity (Wildman–Crippen MR) is 77.7 cm³/mol. The zero-order valence-corrected chi connectivity index (χ0v) is 12.4. The molecule has 1 heterocycles. The molecule has 1 aliphatic carbocycles. The van der Waals surface area contributed by atoms with Crippen molar-refractivity contribution in [3.05, 3.63) is 29.6 Å². The maximum absolute atomic E-state index is 12.2. The molecule has 6 heteroatoms. The van der Waals surface area contributed by atoms with Gasteiger partial charge in [0, 0.05) is 12.2 Å². The molecule has 0 aromatic carbocycles. The van der Waals surface area contributed by atoms with Gasteiger partial charge in [0.05, 0.1) is 12.2 Å². The van der Waals surface area contributed by atoms with E-state index in [-0.39, 0.29) is 11.9 Å². The molecule has 1 aliphatic rings. The lowest BCUT2D eigenvalue weighted by Gasteiger charge is -2.23. The third kappa shape index (κ3) is 4.18. The molecule has 2 N–H and O–H groups in total. The van der Waals surface area contributed by atoms with Gasteiger partial charge in [0.25, 0.3) is 0 Å². The SMILES string of the molecule is CCN(Cc1cccc(C)n1)C(=O)NC(C(=O)O)C1CC1. The number of hydrogen-bond donors (Lipinski definition) is 2. The number of nitrogens with zero attached hydrogens (tertiary/aromatic N) is 2. The van der Waals surface area contributed by atoms with Crippen LogP contribution in [0.25, 0.3) is 0 Å². The molecule has 2 rings (SSSR count). The van der Waals surface area contributed by atoms with Gasteiger partial charge in [-0.2, -0.15) is 0 Å². The summed E-state index contributed by atoms with van der Waals surface area (Å²) >= 11 is 0. The number of carbonyl (C=O) groups is 2. The monoisotopic (exact) mass is 291 g/mol. The number of carbonyl (C=O) groups excluding carboxylic acids is 1. The summed E-state index contributed by atoms with van der Waals surface area (Å²) in [4.78, 5) is 29.4. The second-order valence-corrected chi connectivity index (χ2v) is 5.39. The quantitative estimate of drug-likeness (QED) is 0.837. The van der Waals surface area contributed by atoms with Crippen LogP contribution in [0.15, 0.2) is 18.2 Å². The van der Waals surface area contributed by atoms with Crippen molar-refractivity contribution >= 4 is 12.0 Å². The zero-order valence-electron chi connectivity index (χ0n) is 12.4. The molecule has 1 aromatic heterocycles. The van der Waals surface area contributed by atoms with Gasteiger partial charge >= 0.3 is 12.0 Å². The van der Waals surface area contributed by atoms with E-state index in [4.69, 9.17) is 5.11 Å². The average Bonchev–Trinajstić information content (AvgIpc) is 3.26. The second kappa shape index (κ2) is 6.56. The molecule has 0 radical (unpaired) electrons. The molecule has 21 heavy (non-hydrogen) atoms. The van der Waals surface area contributed by atoms with Crippen LogP contribution in [0.2, 0.25) is 0 Å². The summed E-state index contributed by atoms with van der Waals surface area (Å²) in [6, 6.07) is 4.52. The number of carboxylic acid groups (broad SMARTS) is 1. The van der Waals surface area contributed by atoms with E-state index in [1.807, 2.05) is 32.0 Å².